The van der Waals surface area contributed by atoms with Crippen LogP contribution in [0.25, 0.3) is 0 Å². The first kappa shape index (κ1) is 12.8. The van der Waals surface area contributed by atoms with Crippen LogP contribution in [-0.2, 0) is 4.79 Å². The average molecular weight is 269 g/mol. The van der Waals surface area contributed by atoms with Gasteiger partial charge in [0.1, 0.15) is 5.15 Å². The van der Waals surface area contributed by atoms with Gasteiger partial charge in [-0.2, -0.15) is 0 Å². The van der Waals surface area contributed by atoms with Gasteiger partial charge >= 0.3 is 5.97 Å². The molecule has 96 valence electrons. The maximum absolute atomic E-state index is 12.1. The van der Waals surface area contributed by atoms with Gasteiger partial charge < -0.3 is 10.0 Å². The Hall–Kier alpha value is -1.62. The first-order valence-corrected chi connectivity index (χ1v) is 6.09. The van der Waals surface area contributed by atoms with E-state index >= 15 is 0 Å². The van der Waals surface area contributed by atoms with E-state index in [1.165, 1.54) is 6.20 Å². The summed E-state index contributed by atoms with van der Waals surface area (Å²) < 4.78 is 0. The molecule has 1 aromatic heterocycles. The quantitative estimate of drug-likeness (QED) is 0.829. The van der Waals surface area contributed by atoms with Crippen molar-refractivity contribution in [2.24, 2.45) is 5.92 Å². The minimum atomic E-state index is -0.846. The average Bonchev–Trinajstić information content (AvgIpc) is 2.39. The van der Waals surface area contributed by atoms with Gasteiger partial charge in [-0.25, -0.2) is 4.98 Å². The van der Waals surface area contributed by atoms with E-state index in [9.17, 15) is 9.59 Å². The lowest BCUT2D eigenvalue weighted by Crippen LogP contribution is -2.42. The second kappa shape index (κ2) is 5.35. The zero-order valence-corrected chi connectivity index (χ0v) is 10.4. The van der Waals surface area contributed by atoms with Crippen LogP contribution in [0.4, 0.5) is 0 Å². The summed E-state index contributed by atoms with van der Waals surface area (Å²) in [5.74, 6) is -1.50. The van der Waals surface area contributed by atoms with Gasteiger partial charge in [0.25, 0.3) is 5.91 Å². The first-order valence-electron chi connectivity index (χ1n) is 5.71. The maximum Gasteiger partial charge on any atom is 0.308 e. The molecule has 0 bridgehead atoms. The Labute approximate surface area is 109 Å². The Morgan fingerprint density at radius 1 is 1.44 bits per heavy atom. The Morgan fingerprint density at radius 2 is 2.22 bits per heavy atom. The number of carbonyl (C=O) groups excluding carboxylic acids is 1. The van der Waals surface area contributed by atoms with E-state index < -0.39 is 11.9 Å². The van der Waals surface area contributed by atoms with Gasteiger partial charge in [-0.15, -0.1) is 0 Å². The summed E-state index contributed by atoms with van der Waals surface area (Å²) in [6.07, 6.45) is 2.75. The van der Waals surface area contributed by atoms with Gasteiger partial charge in [0.15, 0.2) is 0 Å². The number of hydrogen-bond acceptors (Lipinski definition) is 3. The maximum atomic E-state index is 12.1. The number of hydrogen-bond donors (Lipinski definition) is 1. The van der Waals surface area contributed by atoms with E-state index in [1.54, 1.807) is 17.0 Å². The van der Waals surface area contributed by atoms with Crippen molar-refractivity contribution >= 4 is 23.5 Å². The van der Waals surface area contributed by atoms with Crippen LogP contribution in [0.15, 0.2) is 18.3 Å². The van der Waals surface area contributed by atoms with Gasteiger partial charge in [0, 0.05) is 19.3 Å². The molecular weight excluding hydrogens is 256 g/mol. The molecule has 1 saturated heterocycles. The number of nitrogens with zero attached hydrogens (tertiary/aromatic N) is 2. The fraction of sp³-hybridized carbons (Fsp3) is 0.417. The number of amides is 1. The molecule has 1 aliphatic rings. The molecule has 1 atom stereocenters. The lowest BCUT2D eigenvalue weighted by Gasteiger charge is -2.30. The van der Waals surface area contributed by atoms with Gasteiger partial charge in [-0.3, -0.25) is 9.59 Å². The number of likely N-dealkylation sites (tertiary alicyclic amines) is 1. The number of carbonyl (C=O) groups is 2. The molecule has 0 spiro atoms. The molecule has 5 nitrogen and oxygen atoms in total. The monoisotopic (exact) mass is 268 g/mol. The van der Waals surface area contributed by atoms with Crippen LogP contribution in [0.3, 0.4) is 0 Å². The van der Waals surface area contributed by atoms with Crippen LogP contribution < -0.4 is 0 Å². The summed E-state index contributed by atoms with van der Waals surface area (Å²) >= 11 is 5.65. The van der Waals surface area contributed by atoms with Crippen molar-refractivity contribution < 1.29 is 14.7 Å². The van der Waals surface area contributed by atoms with Crippen LogP contribution in [0, 0.1) is 5.92 Å². The molecule has 0 saturated carbocycles. The van der Waals surface area contributed by atoms with Gasteiger partial charge in [-0.05, 0) is 25.0 Å². The predicted octanol–water partition coefficient (Wildman–Crippen LogP) is 1.67. The highest BCUT2D eigenvalue weighted by molar-refractivity contribution is 6.29. The van der Waals surface area contributed by atoms with E-state index in [2.05, 4.69) is 4.98 Å². The standard InChI is InChI=1S/C12H13ClN2O3/c13-10-4-3-8(6-14-10)11(16)15-5-1-2-9(7-15)12(17)18/h3-4,6,9H,1-2,5,7H2,(H,17,18)/t9-/m1/s1. The highest BCUT2D eigenvalue weighted by Gasteiger charge is 2.28. The molecule has 1 fully saturated rings. The summed E-state index contributed by atoms with van der Waals surface area (Å²) in [6, 6.07) is 3.15. The van der Waals surface area contributed by atoms with Crippen LogP contribution in [0.5, 0.6) is 0 Å². The molecule has 1 N–H and O–H groups in total. The minimum Gasteiger partial charge on any atom is -0.481 e. The fourth-order valence-corrected chi connectivity index (χ4v) is 2.16. The SMILES string of the molecule is O=C(O)[C@@H]1CCCN(C(=O)c2ccc(Cl)nc2)C1. The van der Waals surface area contributed by atoms with Gasteiger partial charge in [-0.1, -0.05) is 11.6 Å². The third kappa shape index (κ3) is 2.79. The van der Waals surface area contributed by atoms with Crippen molar-refractivity contribution in [3.05, 3.63) is 29.0 Å². The van der Waals surface area contributed by atoms with Crippen molar-refractivity contribution in [3.8, 4) is 0 Å². The molecule has 2 rings (SSSR count). The predicted molar refractivity (Wildman–Crippen MR) is 65.5 cm³/mol. The molecule has 0 aliphatic carbocycles. The first-order chi connectivity index (χ1) is 8.58. The molecule has 0 aromatic carbocycles. The number of rotatable bonds is 2. The summed E-state index contributed by atoms with van der Waals surface area (Å²) in [7, 11) is 0. The van der Waals surface area contributed by atoms with Crippen LogP contribution >= 0.6 is 11.6 Å². The number of piperidine rings is 1. The van der Waals surface area contributed by atoms with Crippen molar-refractivity contribution in [1.82, 2.24) is 9.88 Å². The van der Waals surface area contributed by atoms with Crippen LogP contribution in [-0.4, -0.2) is 40.0 Å². The zero-order chi connectivity index (χ0) is 13.1. The largest absolute Gasteiger partial charge is 0.481 e. The van der Waals surface area contributed by atoms with Gasteiger partial charge in [0.2, 0.25) is 0 Å². The molecular formula is C12H13ClN2O3. The lowest BCUT2D eigenvalue weighted by molar-refractivity contribution is -0.143. The summed E-state index contributed by atoms with van der Waals surface area (Å²) in [5, 5.41) is 9.30. The van der Waals surface area contributed by atoms with Crippen molar-refractivity contribution in [3.63, 3.8) is 0 Å². The second-order valence-corrected chi connectivity index (χ2v) is 4.69. The highest BCUT2D eigenvalue weighted by atomic mass is 35.5. The molecule has 2 heterocycles. The third-order valence-electron chi connectivity index (χ3n) is 3.03. The Bertz CT molecular complexity index is 461. The topological polar surface area (TPSA) is 70.5 Å². The summed E-state index contributed by atoms with van der Waals surface area (Å²) in [5.41, 5.74) is 0.436. The minimum absolute atomic E-state index is 0.190. The Morgan fingerprint density at radius 3 is 2.83 bits per heavy atom. The molecule has 0 radical (unpaired) electrons. The zero-order valence-electron chi connectivity index (χ0n) is 9.67. The fourth-order valence-electron chi connectivity index (χ4n) is 2.05. The number of halogens is 1. The van der Waals surface area contributed by atoms with Gasteiger partial charge in [0.05, 0.1) is 11.5 Å². The molecule has 0 unspecified atom stereocenters. The Balaban J connectivity index is 2.09. The molecule has 1 aliphatic heterocycles. The number of carboxylic acids is 1. The molecule has 6 heteroatoms. The smallest absolute Gasteiger partial charge is 0.308 e. The number of aliphatic carboxylic acids is 1. The van der Waals surface area contributed by atoms with Crippen LogP contribution in [0.2, 0.25) is 5.15 Å². The van der Waals surface area contributed by atoms with Crippen molar-refractivity contribution in [2.45, 2.75) is 12.8 Å². The third-order valence-corrected chi connectivity index (χ3v) is 3.26. The van der Waals surface area contributed by atoms with E-state index in [0.717, 1.165) is 0 Å². The van der Waals surface area contributed by atoms with Crippen molar-refractivity contribution in [2.75, 3.05) is 13.1 Å². The molecule has 18 heavy (non-hydrogen) atoms. The Kier molecular flexibility index (Phi) is 3.81. The summed E-state index contributed by atoms with van der Waals surface area (Å²) in [6.45, 7) is 0.849. The number of pyridine rings is 1. The molecule has 1 aromatic rings. The van der Waals surface area contributed by atoms with E-state index in [1.807, 2.05) is 0 Å². The molecule has 1 amide bonds. The van der Waals surface area contributed by atoms with Crippen molar-refractivity contribution in [1.29, 1.82) is 0 Å². The van der Waals surface area contributed by atoms with E-state index in [0.29, 0.717) is 30.1 Å². The van der Waals surface area contributed by atoms with E-state index in [4.69, 9.17) is 16.7 Å². The normalized spacial score (nSPS) is 19.6. The summed E-state index contributed by atoms with van der Waals surface area (Å²) in [4.78, 5) is 28.5. The van der Waals surface area contributed by atoms with Crippen LogP contribution in [0.1, 0.15) is 23.2 Å². The lowest BCUT2D eigenvalue weighted by atomic mass is 9.98. The highest BCUT2D eigenvalue weighted by Crippen LogP contribution is 2.19. The second-order valence-electron chi connectivity index (χ2n) is 4.30. The number of carboxylic acid groups (broad SMARTS) is 1. The number of aromatic nitrogens is 1. The van der Waals surface area contributed by atoms with E-state index in [-0.39, 0.29) is 12.5 Å².